The van der Waals surface area contributed by atoms with E-state index in [0.717, 1.165) is 31.4 Å². The number of esters is 1. The summed E-state index contributed by atoms with van der Waals surface area (Å²) in [4.78, 5) is 34.8. The third-order valence-electron chi connectivity index (χ3n) is 8.23. The van der Waals surface area contributed by atoms with Gasteiger partial charge in [-0.25, -0.2) is 0 Å². The molecule has 46 heavy (non-hydrogen) atoms. The van der Waals surface area contributed by atoms with Crippen LogP contribution in [0.1, 0.15) is 61.7 Å². The molecule has 3 rings (SSSR count). The zero-order valence-electron chi connectivity index (χ0n) is 25.4. The summed E-state index contributed by atoms with van der Waals surface area (Å²) >= 11 is 0. The summed E-state index contributed by atoms with van der Waals surface area (Å²) in [5, 5.41) is 87.1. The number of aliphatic hydroxyl groups is 7. The standard InChI is InChI=1S/C29H44N2O15/c1-43-20(34)8-6-4-2-3-5-7-13-29(40)26(30-27(39)16-9-11-17(12-10-16)31(41)42)24(38)25(19(15-33)46-29)45-28-23(37)22(36)21(35)18(14-32)44-28/h9-12,18-19,21-26,28,32-33,35-38,40H,2-8,13-15H2,1H3,(H,30,39)/t18-,19-,21+,22+,23-,24+,25-,26-,28+,29-/m1/s1. The molecule has 10 atom stereocenters. The largest absolute Gasteiger partial charge is 0.469 e. The minimum absolute atomic E-state index is 0.0391. The summed E-state index contributed by atoms with van der Waals surface area (Å²) in [7, 11) is 1.32. The predicted octanol–water partition coefficient (Wildman–Crippen LogP) is -1.39. The third-order valence-corrected chi connectivity index (χ3v) is 8.23. The fourth-order valence-corrected chi connectivity index (χ4v) is 5.55. The van der Waals surface area contributed by atoms with E-state index in [1.807, 2.05) is 0 Å². The minimum atomic E-state index is -2.25. The summed E-state index contributed by atoms with van der Waals surface area (Å²) in [6.07, 6.45) is -9.09. The lowest BCUT2D eigenvalue weighted by molar-refractivity contribution is -0.384. The van der Waals surface area contributed by atoms with Crippen LogP contribution in [0.2, 0.25) is 0 Å². The Morgan fingerprint density at radius 1 is 0.913 bits per heavy atom. The lowest BCUT2D eigenvalue weighted by atomic mass is 9.86. The molecule has 0 radical (unpaired) electrons. The van der Waals surface area contributed by atoms with Crippen molar-refractivity contribution < 1.29 is 69.2 Å². The van der Waals surface area contributed by atoms with Crippen molar-refractivity contribution in [2.75, 3.05) is 20.3 Å². The van der Waals surface area contributed by atoms with E-state index in [2.05, 4.69) is 10.1 Å². The number of carbonyl (C=O) groups excluding carboxylic acids is 2. The van der Waals surface area contributed by atoms with Gasteiger partial charge in [-0.2, -0.15) is 0 Å². The number of ether oxygens (including phenoxy) is 4. The van der Waals surface area contributed by atoms with E-state index in [-0.39, 0.29) is 23.6 Å². The van der Waals surface area contributed by atoms with Crippen molar-refractivity contribution in [1.29, 1.82) is 0 Å². The second kappa shape index (κ2) is 17.4. The first-order valence-electron chi connectivity index (χ1n) is 15.1. The molecule has 1 aromatic rings. The molecule has 260 valence electrons. The van der Waals surface area contributed by atoms with Crippen LogP contribution in [0.3, 0.4) is 0 Å². The molecule has 2 saturated heterocycles. The first-order chi connectivity index (χ1) is 21.9. The molecule has 0 unspecified atom stereocenters. The zero-order chi connectivity index (χ0) is 34.0. The number of nitro benzene ring substituents is 1. The van der Waals surface area contributed by atoms with E-state index in [1.54, 1.807) is 0 Å². The Hall–Kier alpha value is -2.84. The van der Waals surface area contributed by atoms with Crippen LogP contribution >= 0.6 is 0 Å². The highest BCUT2D eigenvalue weighted by Gasteiger charge is 2.56. The van der Waals surface area contributed by atoms with E-state index in [4.69, 9.17) is 14.2 Å². The van der Waals surface area contributed by atoms with Crippen molar-refractivity contribution in [3.8, 4) is 0 Å². The highest BCUT2D eigenvalue weighted by atomic mass is 16.7. The van der Waals surface area contributed by atoms with Gasteiger partial charge in [-0.05, 0) is 25.0 Å². The number of nitrogens with zero attached hydrogens (tertiary/aromatic N) is 1. The van der Waals surface area contributed by atoms with Gasteiger partial charge in [-0.1, -0.05) is 25.7 Å². The molecule has 17 nitrogen and oxygen atoms in total. The van der Waals surface area contributed by atoms with E-state index in [1.165, 1.54) is 19.2 Å². The van der Waals surface area contributed by atoms with E-state index < -0.39 is 84.9 Å². The molecule has 0 aliphatic carbocycles. The summed E-state index contributed by atoms with van der Waals surface area (Å²) < 4.78 is 21.5. The van der Waals surface area contributed by atoms with Crippen LogP contribution in [-0.2, 0) is 23.7 Å². The number of nitro groups is 1. The van der Waals surface area contributed by atoms with Crippen LogP contribution in [-0.4, -0.2) is 134 Å². The number of benzene rings is 1. The maximum Gasteiger partial charge on any atom is 0.305 e. The molecule has 1 amide bonds. The van der Waals surface area contributed by atoms with Crippen LogP contribution in [0.15, 0.2) is 24.3 Å². The van der Waals surface area contributed by atoms with Gasteiger partial charge in [0.15, 0.2) is 12.1 Å². The highest BCUT2D eigenvalue weighted by Crippen LogP contribution is 2.36. The van der Waals surface area contributed by atoms with Gasteiger partial charge < -0.3 is 60.0 Å². The molecular weight excluding hydrogens is 616 g/mol. The summed E-state index contributed by atoms with van der Waals surface area (Å²) in [5.41, 5.74) is -0.305. The van der Waals surface area contributed by atoms with Gasteiger partial charge in [0.2, 0.25) is 0 Å². The third kappa shape index (κ3) is 9.37. The van der Waals surface area contributed by atoms with Crippen molar-refractivity contribution in [3.05, 3.63) is 39.9 Å². The van der Waals surface area contributed by atoms with E-state index in [0.29, 0.717) is 25.7 Å². The van der Waals surface area contributed by atoms with Crippen LogP contribution < -0.4 is 5.32 Å². The average Bonchev–Trinajstić information content (AvgIpc) is 3.05. The molecule has 2 fully saturated rings. The minimum Gasteiger partial charge on any atom is -0.469 e. The quantitative estimate of drug-likeness (QED) is 0.0439. The predicted molar refractivity (Wildman–Crippen MR) is 155 cm³/mol. The Bertz CT molecular complexity index is 1140. The van der Waals surface area contributed by atoms with Gasteiger partial charge in [0.25, 0.3) is 11.6 Å². The summed E-state index contributed by atoms with van der Waals surface area (Å²) in [6.45, 7) is -1.55. The fraction of sp³-hybridized carbons (Fsp3) is 0.724. The molecule has 8 N–H and O–H groups in total. The van der Waals surface area contributed by atoms with Crippen molar-refractivity contribution in [2.45, 2.75) is 112 Å². The fourth-order valence-electron chi connectivity index (χ4n) is 5.55. The molecular formula is C29H44N2O15. The molecule has 0 aromatic heterocycles. The average molecular weight is 661 g/mol. The second-order valence-electron chi connectivity index (χ2n) is 11.4. The number of hydrogen-bond acceptors (Lipinski definition) is 15. The van der Waals surface area contributed by atoms with Crippen molar-refractivity contribution in [2.24, 2.45) is 0 Å². The van der Waals surface area contributed by atoms with Crippen molar-refractivity contribution >= 4 is 17.6 Å². The second-order valence-corrected chi connectivity index (χ2v) is 11.4. The van der Waals surface area contributed by atoms with Gasteiger partial charge in [-0.15, -0.1) is 0 Å². The Labute approximate surface area is 264 Å². The topological polar surface area (TPSA) is 268 Å². The molecule has 2 heterocycles. The Morgan fingerprint density at radius 2 is 1.52 bits per heavy atom. The molecule has 2 aliphatic rings. The Morgan fingerprint density at radius 3 is 2.11 bits per heavy atom. The van der Waals surface area contributed by atoms with Crippen molar-refractivity contribution in [1.82, 2.24) is 5.32 Å². The van der Waals surface area contributed by atoms with Gasteiger partial charge >= 0.3 is 5.97 Å². The molecule has 17 heteroatoms. The van der Waals surface area contributed by atoms with Crippen LogP contribution in [0.4, 0.5) is 5.69 Å². The number of carbonyl (C=O) groups is 2. The zero-order valence-corrected chi connectivity index (χ0v) is 25.4. The first kappa shape index (κ1) is 37.6. The van der Waals surface area contributed by atoms with Gasteiger partial charge in [0.05, 0.1) is 25.2 Å². The number of unbranched alkanes of at least 4 members (excludes halogenated alkanes) is 5. The number of non-ortho nitro benzene ring substituents is 1. The van der Waals surface area contributed by atoms with Crippen LogP contribution in [0, 0.1) is 10.1 Å². The summed E-state index contributed by atoms with van der Waals surface area (Å²) in [6, 6.07) is 2.97. The molecule has 0 bridgehead atoms. The number of methoxy groups -OCH3 is 1. The van der Waals surface area contributed by atoms with E-state index >= 15 is 0 Å². The number of amides is 1. The van der Waals surface area contributed by atoms with Gasteiger partial charge in [0, 0.05) is 30.5 Å². The van der Waals surface area contributed by atoms with Crippen molar-refractivity contribution in [3.63, 3.8) is 0 Å². The van der Waals surface area contributed by atoms with Crippen LogP contribution in [0.5, 0.6) is 0 Å². The monoisotopic (exact) mass is 660 g/mol. The lowest BCUT2D eigenvalue weighted by Gasteiger charge is -2.50. The normalized spacial score (nSPS) is 32.9. The van der Waals surface area contributed by atoms with Gasteiger partial charge in [0.1, 0.15) is 48.8 Å². The maximum atomic E-state index is 13.2. The Balaban J connectivity index is 1.77. The molecule has 1 aromatic carbocycles. The Kier molecular flexibility index (Phi) is 14.2. The maximum absolute atomic E-state index is 13.2. The first-order valence-corrected chi connectivity index (χ1v) is 15.1. The lowest BCUT2D eigenvalue weighted by Crippen LogP contribution is -2.71. The molecule has 0 spiro atoms. The van der Waals surface area contributed by atoms with Gasteiger partial charge in [-0.3, -0.25) is 19.7 Å². The number of hydrogen-bond donors (Lipinski definition) is 8. The number of nitrogens with one attached hydrogen (secondary N) is 1. The number of aliphatic hydroxyl groups excluding tert-OH is 6. The number of rotatable bonds is 16. The summed E-state index contributed by atoms with van der Waals surface area (Å²) in [5.74, 6) is -3.37. The smallest absolute Gasteiger partial charge is 0.305 e. The van der Waals surface area contributed by atoms with Crippen LogP contribution in [0.25, 0.3) is 0 Å². The highest BCUT2D eigenvalue weighted by molar-refractivity contribution is 5.94. The molecule has 2 aliphatic heterocycles. The molecule has 0 saturated carbocycles. The van der Waals surface area contributed by atoms with E-state index in [9.17, 15) is 55.4 Å². The SMILES string of the molecule is COC(=O)CCCCCCCC[C@@]1(O)O[C@H](CO)[C@@H](O[C@@H]2O[C@H](CO)[C@H](O)[C@H](O)[C@H]2O)[C@H](O)[C@H]1NC(=O)c1ccc([N+](=O)[O-])cc1.